The van der Waals surface area contributed by atoms with E-state index in [2.05, 4.69) is 10.6 Å². The van der Waals surface area contributed by atoms with E-state index >= 15 is 0 Å². The second kappa shape index (κ2) is 6.14. The first kappa shape index (κ1) is 14.0. The van der Waals surface area contributed by atoms with Gasteiger partial charge in [0.05, 0.1) is 5.69 Å². The number of halogens is 2. The lowest BCUT2D eigenvalue weighted by atomic mass is 10.2. The molecule has 0 saturated heterocycles. The van der Waals surface area contributed by atoms with Crippen LogP contribution in [0.4, 0.5) is 20.2 Å². The van der Waals surface area contributed by atoms with E-state index in [-0.39, 0.29) is 5.69 Å². The number of hydrogen-bond acceptors (Lipinski definition) is 2. The van der Waals surface area contributed by atoms with Crippen molar-refractivity contribution in [3.8, 4) is 0 Å². The van der Waals surface area contributed by atoms with Crippen molar-refractivity contribution < 1.29 is 13.6 Å². The number of carbonyl (C=O) groups excluding carboxylic acids is 1. The van der Waals surface area contributed by atoms with Crippen LogP contribution in [0.1, 0.15) is 17.3 Å². The summed E-state index contributed by atoms with van der Waals surface area (Å²) in [7, 11) is 0. The first-order chi connectivity index (χ1) is 9.60. The van der Waals surface area contributed by atoms with Gasteiger partial charge in [-0.3, -0.25) is 4.79 Å². The molecule has 0 heterocycles. The Balaban J connectivity index is 2.13. The minimum absolute atomic E-state index is 0.175. The predicted molar refractivity (Wildman–Crippen MR) is 74.9 cm³/mol. The molecule has 0 atom stereocenters. The summed E-state index contributed by atoms with van der Waals surface area (Å²) in [5.74, 6) is -1.77. The minimum atomic E-state index is -0.677. The molecule has 0 unspecified atom stereocenters. The quantitative estimate of drug-likeness (QED) is 0.895. The standard InChI is InChI=1S/C15H14F2N2O/c1-2-18-12-6-3-10(4-7-12)15(20)19-14-9-11(16)5-8-13(14)17/h3-9,18H,2H2,1H3,(H,19,20). The van der Waals surface area contributed by atoms with Gasteiger partial charge in [-0.15, -0.1) is 0 Å². The van der Waals surface area contributed by atoms with Crippen molar-refractivity contribution in [2.75, 3.05) is 17.2 Å². The molecule has 3 nitrogen and oxygen atoms in total. The summed E-state index contributed by atoms with van der Waals surface area (Å²) < 4.78 is 26.4. The second-order valence-corrected chi connectivity index (χ2v) is 4.19. The van der Waals surface area contributed by atoms with Gasteiger partial charge in [-0.25, -0.2) is 8.78 Å². The molecule has 0 aliphatic carbocycles. The number of anilines is 2. The number of benzene rings is 2. The zero-order valence-electron chi connectivity index (χ0n) is 10.9. The largest absolute Gasteiger partial charge is 0.385 e. The second-order valence-electron chi connectivity index (χ2n) is 4.19. The van der Waals surface area contributed by atoms with E-state index in [1.807, 2.05) is 6.92 Å². The van der Waals surface area contributed by atoms with E-state index in [1.165, 1.54) is 0 Å². The Bertz CT molecular complexity index is 612. The molecule has 0 spiro atoms. The van der Waals surface area contributed by atoms with Crippen molar-refractivity contribution in [1.29, 1.82) is 0 Å². The van der Waals surface area contributed by atoms with Gasteiger partial charge >= 0.3 is 0 Å². The molecule has 104 valence electrons. The van der Waals surface area contributed by atoms with Crippen LogP contribution in [-0.2, 0) is 0 Å². The van der Waals surface area contributed by atoms with Crippen LogP contribution in [0.15, 0.2) is 42.5 Å². The summed E-state index contributed by atoms with van der Waals surface area (Å²) in [6.45, 7) is 2.74. The highest BCUT2D eigenvalue weighted by molar-refractivity contribution is 6.04. The molecular formula is C15H14F2N2O. The zero-order chi connectivity index (χ0) is 14.5. The van der Waals surface area contributed by atoms with Gasteiger partial charge in [-0.05, 0) is 43.3 Å². The molecule has 2 N–H and O–H groups in total. The van der Waals surface area contributed by atoms with Gasteiger partial charge < -0.3 is 10.6 Å². The van der Waals surface area contributed by atoms with Crippen molar-refractivity contribution in [2.24, 2.45) is 0 Å². The SMILES string of the molecule is CCNc1ccc(C(=O)Nc2cc(F)ccc2F)cc1. The Kier molecular flexibility index (Phi) is 4.30. The smallest absolute Gasteiger partial charge is 0.255 e. The third-order valence-electron chi connectivity index (χ3n) is 2.70. The molecule has 0 aromatic heterocycles. The maximum absolute atomic E-state index is 13.4. The lowest BCUT2D eigenvalue weighted by Gasteiger charge is -2.08. The van der Waals surface area contributed by atoms with E-state index in [1.54, 1.807) is 24.3 Å². The maximum Gasteiger partial charge on any atom is 0.255 e. The summed E-state index contributed by atoms with van der Waals surface area (Å²) >= 11 is 0. The first-order valence-electron chi connectivity index (χ1n) is 6.20. The van der Waals surface area contributed by atoms with Gasteiger partial charge in [0, 0.05) is 23.9 Å². The van der Waals surface area contributed by atoms with Crippen LogP contribution in [0.5, 0.6) is 0 Å². The zero-order valence-corrected chi connectivity index (χ0v) is 10.9. The Labute approximate surface area is 115 Å². The summed E-state index contributed by atoms with van der Waals surface area (Å²) in [5.41, 5.74) is 1.09. The molecule has 0 bridgehead atoms. The molecule has 1 amide bonds. The molecule has 0 aliphatic heterocycles. The van der Waals surface area contributed by atoms with E-state index in [0.717, 1.165) is 30.4 Å². The molecule has 20 heavy (non-hydrogen) atoms. The van der Waals surface area contributed by atoms with Crippen LogP contribution in [0, 0.1) is 11.6 Å². The number of hydrogen-bond donors (Lipinski definition) is 2. The monoisotopic (exact) mass is 276 g/mol. The average molecular weight is 276 g/mol. The highest BCUT2D eigenvalue weighted by Gasteiger charge is 2.10. The van der Waals surface area contributed by atoms with Crippen LogP contribution in [0.3, 0.4) is 0 Å². The van der Waals surface area contributed by atoms with E-state index in [4.69, 9.17) is 0 Å². The van der Waals surface area contributed by atoms with E-state index in [9.17, 15) is 13.6 Å². The summed E-state index contributed by atoms with van der Waals surface area (Å²) in [6.07, 6.45) is 0. The molecule has 2 aromatic carbocycles. The number of carbonyl (C=O) groups is 1. The Morgan fingerprint density at radius 3 is 2.45 bits per heavy atom. The van der Waals surface area contributed by atoms with Gasteiger partial charge in [-0.1, -0.05) is 0 Å². The summed E-state index contributed by atoms with van der Waals surface area (Å²) in [4.78, 5) is 11.9. The van der Waals surface area contributed by atoms with Gasteiger partial charge in [0.25, 0.3) is 5.91 Å². The van der Waals surface area contributed by atoms with Crippen molar-refractivity contribution in [1.82, 2.24) is 0 Å². The summed E-state index contributed by atoms with van der Waals surface area (Å²) in [5, 5.41) is 5.44. The number of nitrogens with one attached hydrogen (secondary N) is 2. The highest BCUT2D eigenvalue weighted by Crippen LogP contribution is 2.17. The predicted octanol–water partition coefficient (Wildman–Crippen LogP) is 3.65. The normalized spacial score (nSPS) is 10.2. The van der Waals surface area contributed by atoms with Crippen LogP contribution < -0.4 is 10.6 Å². The maximum atomic E-state index is 13.4. The molecule has 2 aromatic rings. The Hall–Kier alpha value is -2.43. The van der Waals surface area contributed by atoms with Crippen molar-refractivity contribution >= 4 is 17.3 Å². The van der Waals surface area contributed by atoms with Crippen LogP contribution in [0.2, 0.25) is 0 Å². The van der Waals surface area contributed by atoms with Gasteiger partial charge in [0.2, 0.25) is 0 Å². The molecule has 2 rings (SSSR count). The van der Waals surface area contributed by atoms with Crippen molar-refractivity contribution in [3.05, 3.63) is 59.7 Å². The number of rotatable bonds is 4. The summed E-state index contributed by atoms with van der Waals surface area (Å²) in [6, 6.07) is 9.64. The fraction of sp³-hybridized carbons (Fsp3) is 0.133. The topological polar surface area (TPSA) is 41.1 Å². The lowest BCUT2D eigenvalue weighted by Crippen LogP contribution is -2.13. The number of amides is 1. The molecule has 0 aliphatic rings. The highest BCUT2D eigenvalue weighted by atomic mass is 19.1. The molecular weight excluding hydrogens is 262 g/mol. The van der Waals surface area contributed by atoms with E-state index in [0.29, 0.717) is 5.56 Å². The third kappa shape index (κ3) is 3.32. The molecule has 0 saturated carbocycles. The van der Waals surface area contributed by atoms with Gasteiger partial charge in [-0.2, -0.15) is 0 Å². The fourth-order valence-corrected chi connectivity index (χ4v) is 1.73. The van der Waals surface area contributed by atoms with Gasteiger partial charge in [0.1, 0.15) is 11.6 Å². The Morgan fingerprint density at radius 1 is 1.10 bits per heavy atom. The third-order valence-corrected chi connectivity index (χ3v) is 2.70. The Morgan fingerprint density at radius 2 is 1.80 bits per heavy atom. The molecule has 0 fully saturated rings. The van der Waals surface area contributed by atoms with Gasteiger partial charge in [0.15, 0.2) is 0 Å². The fourth-order valence-electron chi connectivity index (χ4n) is 1.73. The minimum Gasteiger partial charge on any atom is -0.385 e. The van der Waals surface area contributed by atoms with Crippen LogP contribution in [-0.4, -0.2) is 12.5 Å². The van der Waals surface area contributed by atoms with Crippen LogP contribution >= 0.6 is 0 Å². The molecule has 5 heteroatoms. The molecule has 0 radical (unpaired) electrons. The van der Waals surface area contributed by atoms with Crippen molar-refractivity contribution in [3.63, 3.8) is 0 Å². The average Bonchev–Trinajstić information content (AvgIpc) is 2.44. The first-order valence-corrected chi connectivity index (χ1v) is 6.20. The lowest BCUT2D eigenvalue weighted by molar-refractivity contribution is 0.102. The van der Waals surface area contributed by atoms with Crippen LogP contribution in [0.25, 0.3) is 0 Å². The van der Waals surface area contributed by atoms with E-state index < -0.39 is 17.5 Å². The van der Waals surface area contributed by atoms with Crippen molar-refractivity contribution in [2.45, 2.75) is 6.92 Å².